The summed E-state index contributed by atoms with van der Waals surface area (Å²) in [7, 11) is 0. The fourth-order valence-electron chi connectivity index (χ4n) is 8.10. The second-order valence-electron chi connectivity index (χ2n) is 10.7. The molecule has 0 heterocycles. The van der Waals surface area contributed by atoms with Gasteiger partial charge < -0.3 is 20.4 Å². The minimum atomic E-state index is -2.48. The maximum atomic E-state index is 11.5. The highest BCUT2D eigenvalue weighted by Gasteiger charge is 2.65. The molecular weight excluding hydrogens is 368 g/mol. The minimum absolute atomic E-state index is 0.110. The molecule has 29 heavy (non-hydrogen) atoms. The lowest BCUT2D eigenvalue weighted by molar-refractivity contribution is -0.207. The molecule has 4 N–H and O–H groups in total. The predicted molar refractivity (Wildman–Crippen MR) is 110 cm³/mol. The Hall–Kier alpha value is -0.650. The van der Waals surface area contributed by atoms with E-state index in [1.54, 1.807) is 6.92 Å². The van der Waals surface area contributed by atoms with Crippen molar-refractivity contribution in [2.75, 3.05) is 0 Å². The summed E-state index contributed by atoms with van der Waals surface area (Å²) < 4.78 is 33.9. The van der Waals surface area contributed by atoms with Crippen LogP contribution in [0.3, 0.4) is 0 Å². The highest BCUT2D eigenvalue weighted by atomic mass is 16.4. The van der Waals surface area contributed by atoms with Crippen LogP contribution in [0.5, 0.6) is 0 Å². The first-order valence-electron chi connectivity index (χ1n) is 13.4. The summed E-state index contributed by atoms with van der Waals surface area (Å²) in [4.78, 5) is 11.1. The van der Waals surface area contributed by atoms with E-state index in [4.69, 9.17) is 10.6 Å². The van der Waals surface area contributed by atoms with Crippen LogP contribution in [-0.4, -0.2) is 44.7 Å². The van der Waals surface area contributed by atoms with Crippen molar-refractivity contribution < 1.29 is 30.7 Å². The summed E-state index contributed by atoms with van der Waals surface area (Å²) in [5, 5.41) is 42.4. The molecule has 5 heteroatoms. The van der Waals surface area contributed by atoms with Gasteiger partial charge >= 0.3 is 5.97 Å². The van der Waals surface area contributed by atoms with Crippen LogP contribution in [0.15, 0.2) is 0 Å². The Morgan fingerprint density at radius 1 is 1.03 bits per heavy atom. The van der Waals surface area contributed by atoms with Gasteiger partial charge in [-0.05, 0) is 97.6 Å². The van der Waals surface area contributed by atoms with Crippen LogP contribution < -0.4 is 0 Å². The molecule has 11 atom stereocenters. The van der Waals surface area contributed by atoms with Crippen molar-refractivity contribution in [2.24, 2.45) is 46.3 Å². The van der Waals surface area contributed by atoms with E-state index in [1.165, 1.54) is 0 Å². The Kier molecular flexibility index (Phi) is 4.38. The average Bonchev–Trinajstić information content (AvgIpc) is 3.09. The summed E-state index contributed by atoms with van der Waals surface area (Å²) in [5.74, 6) is -1.10. The number of hydrogen-bond acceptors (Lipinski definition) is 4. The second kappa shape index (κ2) is 7.49. The van der Waals surface area contributed by atoms with Gasteiger partial charge in [-0.1, -0.05) is 20.8 Å². The zero-order valence-corrected chi connectivity index (χ0v) is 17.8. The standard InChI is InChI=1S/C24H40O5/c1-13(4-9-22(28)29)17-7-8-18-16-6-5-14-10-15(25)11-20(26)23(14,2)19(16)12-21(27)24(17,18)3/h13-21,25-27H,4-12H2,1-3H3,(H,28,29)/t13-,14-,15+,16+,17-,18+,19+,20-,21+,23+,24-/m1/s1/i10D2,11D2. The van der Waals surface area contributed by atoms with Crippen LogP contribution in [0.4, 0.5) is 0 Å². The van der Waals surface area contributed by atoms with E-state index < -0.39 is 48.4 Å². The number of hydrogen-bond donors (Lipinski definition) is 4. The van der Waals surface area contributed by atoms with Crippen LogP contribution in [0.1, 0.15) is 83.9 Å². The highest BCUT2D eigenvalue weighted by Crippen LogP contribution is 2.68. The number of rotatable bonds is 4. The van der Waals surface area contributed by atoms with Crippen LogP contribution >= 0.6 is 0 Å². The van der Waals surface area contributed by atoms with Crippen molar-refractivity contribution in [3.63, 3.8) is 0 Å². The van der Waals surface area contributed by atoms with Crippen molar-refractivity contribution in [1.29, 1.82) is 0 Å². The van der Waals surface area contributed by atoms with E-state index >= 15 is 0 Å². The second-order valence-corrected chi connectivity index (χ2v) is 10.7. The van der Waals surface area contributed by atoms with Gasteiger partial charge in [-0.25, -0.2) is 0 Å². The first-order chi connectivity index (χ1) is 15.1. The molecule has 4 rings (SSSR count). The molecule has 0 bridgehead atoms. The van der Waals surface area contributed by atoms with E-state index in [1.807, 2.05) is 0 Å². The lowest BCUT2D eigenvalue weighted by Gasteiger charge is -2.63. The number of aliphatic carboxylic acids is 1. The molecule has 0 aromatic rings. The lowest BCUT2D eigenvalue weighted by atomic mass is 9.43. The fourth-order valence-corrected chi connectivity index (χ4v) is 8.10. The molecule has 0 aromatic heterocycles. The summed E-state index contributed by atoms with van der Waals surface area (Å²) in [5.41, 5.74) is -1.47. The van der Waals surface area contributed by atoms with E-state index in [-0.39, 0.29) is 41.4 Å². The van der Waals surface area contributed by atoms with Crippen LogP contribution in [0.25, 0.3) is 0 Å². The minimum Gasteiger partial charge on any atom is -0.481 e. The van der Waals surface area contributed by atoms with Crippen molar-refractivity contribution in [3.8, 4) is 0 Å². The van der Waals surface area contributed by atoms with E-state index in [2.05, 4.69) is 13.8 Å². The first-order valence-corrected chi connectivity index (χ1v) is 11.4. The van der Waals surface area contributed by atoms with Gasteiger partial charge in [0, 0.05) is 11.9 Å². The zero-order valence-electron chi connectivity index (χ0n) is 21.8. The van der Waals surface area contributed by atoms with Gasteiger partial charge in [-0.2, -0.15) is 0 Å². The molecule has 0 unspecified atom stereocenters. The predicted octanol–water partition coefficient (Wildman–Crippen LogP) is 3.45. The van der Waals surface area contributed by atoms with Gasteiger partial charge in [-0.3, -0.25) is 4.79 Å². The highest BCUT2D eigenvalue weighted by molar-refractivity contribution is 5.66. The maximum Gasteiger partial charge on any atom is 0.303 e. The maximum absolute atomic E-state index is 11.5. The van der Waals surface area contributed by atoms with Gasteiger partial charge in [0.05, 0.1) is 18.3 Å². The Morgan fingerprint density at radius 3 is 2.45 bits per heavy atom. The van der Waals surface area contributed by atoms with Crippen molar-refractivity contribution in [1.82, 2.24) is 0 Å². The summed E-state index contributed by atoms with van der Waals surface area (Å²) in [6.07, 6.45) is -4.71. The molecule has 4 fully saturated rings. The van der Waals surface area contributed by atoms with Gasteiger partial charge in [0.1, 0.15) is 0 Å². The Morgan fingerprint density at radius 2 is 1.76 bits per heavy atom. The third-order valence-electron chi connectivity index (χ3n) is 9.72. The molecule has 166 valence electrons. The Balaban J connectivity index is 1.68. The van der Waals surface area contributed by atoms with Gasteiger partial charge in [0.15, 0.2) is 0 Å². The van der Waals surface area contributed by atoms with Crippen LogP contribution in [0, 0.1) is 46.3 Å². The normalized spacial score (nSPS) is 58.4. The molecular formula is C24H40O5. The zero-order chi connectivity index (χ0) is 24.7. The van der Waals surface area contributed by atoms with E-state index in [9.17, 15) is 20.1 Å². The van der Waals surface area contributed by atoms with Gasteiger partial charge in [0.25, 0.3) is 0 Å². The van der Waals surface area contributed by atoms with Crippen molar-refractivity contribution in [2.45, 2.75) is 96.8 Å². The third kappa shape index (κ3) is 3.18. The molecule has 0 aliphatic heterocycles. The number of carboxylic acid groups (broad SMARTS) is 1. The summed E-state index contributed by atoms with van der Waals surface area (Å²) in [6, 6.07) is 0. The molecule has 4 aliphatic carbocycles. The Labute approximate surface area is 180 Å². The topological polar surface area (TPSA) is 98.0 Å². The van der Waals surface area contributed by atoms with Gasteiger partial charge in [-0.15, -0.1) is 0 Å². The quantitative estimate of drug-likeness (QED) is 0.567. The molecule has 0 saturated heterocycles. The van der Waals surface area contributed by atoms with E-state index in [0.29, 0.717) is 19.3 Å². The Bertz CT molecular complexity index is 793. The first kappa shape index (κ1) is 17.0. The smallest absolute Gasteiger partial charge is 0.303 e. The molecule has 0 spiro atoms. The number of carboxylic acids is 1. The largest absolute Gasteiger partial charge is 0.481 e. The average molecular weight is 413 g/mol. The molecule has 0 amide bonds. The number of aliphatic hydroxyl groups is 3. The summed E-state index contributed by atoms with van der Waals surface area (Å²) in [6.45, 7) is 5.98. The van der Waals surface area contributed by atoms with Crippen LogP contribution in [-0.2, 0) is 4.79 Å². The van der Waals surface area contributed by atoms with Crippen molar-refractivity contribution >= 4 is 5.97 Å². The SMILES string of the molecule is [2H]C1([2H])[C@@H](O)C([2H])([2H])[C@H]2CC[C@@H]3[C@H](C[C@H](O)[C@]4(C)[C@@H]([C@H](C)CCC(=O)O)CC[C@@H]34)[C@@]2(C)[C@@H]1O. The molecule has 5 nitrogen and oxygen atoms in total. The van der Waals surface area contributed by atoms with E-state index in [0.717, 1.165) is 19.3 Å². The molecule has 0 radical (unpaired) electrons. The van der Waals surface area contributed by atoms with Gasteiger partial charge in [0.2, 0.25) is 0 Å². The van der Waals surface area contributed by atoms with Crippen molar-refractivity contribution in [3.05, 3.63) is 0 Å². The fraction of sp³-hybridized carbons (Fsp3) is 0.958. The van der Waals surface area contributed by atoms with Crippen LogP contribution in [0.2, 0.25) is 0 Å². The number of fused-ring (bicyclic) bond motifs is 5. The third-order valence-corrected chi connectivity index (χ3v) is 9.72. The summed E-state index contributed by atoms with van der Waals surface area (Å²) >= 11 is 0. The number of aliphatic hydroxyl groups excluding tert-OH is 3. The molecule has 0 aromatic carbocycles. The number of carbonyl (C=O) groups is 1. The monoisotopic (exact) mass is 412 g/mol. The molecule has 4 saturated carbocycles. The lowest BCUT2D eigenvalue weighted by Crippen LogP contribution is -2.62. The molecule has 4 aliphatic rings.